The number of pyridine rings is 1. The Balaban J connectivity index is 1.93. The molecule has 1 unspecified atom stereocenters. The Morgan fingerprint density at radius 1 is 1.06 bits per heavy atom. The van der Waals surface area contributed by atoms with Gasteiger partial charge in [0.1, 0.15) is 6.07 Å². The van der Waals surface area contributed by atoms with E-state index in [4.69, 9.17) is 16.6 Å². The molecule has 0 saturated heterocycles. The summed E-state index contributed by atoms with van der Waals surface area (Å²) < 4.78 is 0. The summed E-state index contributed by atoms with van der Waals surface area (Å²) in [6, 6.07) is 22.2. The molecular formula is C28H21ClN4O. The quantitative estimate of drug-likeness (QED) is 0.433. The number of rotatable bonds is 5. The number of Topliss-reactive ketones (excluding diaryl/α,β-unsaturated/α-hetero) is 1. The second-order valence-electron chi connectivity index (χ2n) is 8.70. The molecule has 0 N–H and O–H groups in total. The SMILES string of the molecule is CC1CCc2c(C#N)c(C(C#N)(C#N)CC(=O)c3ccc(Cl)cc3)nc(-c3ccccc3)c2C1. The number of halogens is 1. The molecule has 34 heavy (non-hydrogen) atoms. The Hall–Kier alpha value is -3.98. The highest BCUT2D eigenvalue weighted by Crippen LogP contribution is 2.40. The Bertz CT molecular complexity index is 1360. The number of ketones is 1. The van der Waals surface area contributed by atoms with Crippen molar-refractivity contribution in [1.29, 1.82) is 15.8 Å². The summed E-state index contributed by atoms with van der Waals surface area (Å²) >= 11 is 5.93. The number of carbonyl (C=O) groups is 1. The third-order valence-electron chi connectivity index (χ3n) is 6.39. The van der Waals surface area contributed by atoms with Crippen LogP contribution in [0.4, 0.5) is 0 Å². The summed E-state index contributed by atoms with van der Waals surface area (Å²) in [5.74, 6) is 0.0374. The molecule has 1 aliphatic rings. The van der Waals surface area contributed by atoms with Crippen molar-refractivity contribution in [3.05, 3.63) is 87.6 Å². The highest BCUT2D eigenvalue weighted by Gasteiger charge is 2.42. The number of benzene rings is 2. The molecule has 2 aromatic carbocycles. The van der Waals surface area contributed by atoms with Crippen LogP contribution in [0.2, 0.25) is 5.02 Å². The van der Waals surface area contributed by atoms with Crippen molar-refractivity contribution in [2.24, 2.45) is 5.92 Å². The van der Waals surface area contributed by atoms with Gasteiger partial charge in [0.05, 0.1) is 29.1 Å². The van der Waals surface area contributed by atoms with Crippen LogP contribution in [-0.4, -0.2) is 10.8 Å². The molecule has 0 bridgehead atoms. The highest BCUT2D eigenvalue weighted by atomic mass is 35.5. The van der Waals surface area contributed by atoms with Gasteiger partial charge in [-0.1, -0.05) is 48.9 Å². The molecule has 0 saturated carbocycles. The lowest BCUT2D eigenvalue weighted by Gasteiger charge is -2.28. The van der Waals surface area contributed by atoms with E-state index in [0.29, 0.717) is 28.6 Å². The van der Waals surface area contributed by atoms with Gasteiger partial charge in [0.15, 0.2) is 11.2 Å². The Kier molecular flexibility index (Phi) is 6.47. The number of hydrogen-bond donors (Lipinski definition) is 0. The predicted octanol–water partition coefficient (Wildman–Crippen LogP) is 5.96. The normalized spacial score (nSPS) is 14.9. The van der Waals surface area contributed by atoms with E-state index in [1.165, 1.54) is 0 Å². The molecule has 0 amide bonds. The minimum absolute atomic E-state index is 0.0643. The van der Waals surface area contributed by atoms with Gasteiger partial charge in [-0.15, -0.1) is 0 Å². The number of aromatic nitrogens is 1. The third-order valence-corrected chi connectivity index (χ3v) is 6.64. The molecule has 166 valence electrons. The lowest BCUT2D eigenvalue weighted by molar-refractivity contribution is 0.0970. The molecule has 0 radical (unpaired) electrons. The van der Waals surface area contributed by atoms with Crippen LogP contribution >= 0.6 is 11.6 Å². The van der Waals surface area contributed by atoms with E-state index in [0.717, 1.165) is 29.5 Å². The summed E-state index contributed by atoms with van der Waals surface area (Å²) in [4.78, 5) is 17.9. The molecule has 1 atom stereocenters. The summed E-state index contributed by atoms with van der Waals surface area (Å²) in [6.45, 7) is 2.16. The summed E-state index contributed by atoms with van der Waals surface area (Å²) in [5.41, 5.74) is 2.09. The fourth-order valence-electron chi connectivity index (χ4n) is 4.55. The van der Waals surface area contributed by atoms with Crippen molar-refractivity contribution in [3.63, 3.8) is 0 Å². The molecule has 6 heteroatoms. The molecular weight excluding hydrogens is 444 g/mol. The lowest BCUT2D eigenvalue weighted by atomic mass is 9.74. The molecule has 0 spiro atoms. The fourth-order valence-corrected chi connectivity index (χ4v) is 4.67. The minimum atomic E-state index is -1.90. The van der Waals surface area contributed by atoms with Gasteiger partial charge in [0.2, 0.25) is 0 Å². The molecule has 1 heterocycles. The van der Waals surface area contributed by atoms with Crippen LogP contribution in [0.5, 0.6) is 0 Å². The monoisotopic (exact) mass is 464 g/mol. The van der Waals surface area contributed by atoms with Crippen LogP contribution in [0.1, 0.15) is 52.5 Å². The van der Waals surface area contributed by atoms with E-state index in [-0.39, 0.29) is 11.3 Å². The fraction of sp³-hybridized carbons (Fsp3) is 0.250. The van der Waals surface area contributed by atoms with E-state index < -0.39 is 17.6 Å². The second-order valence-corrected chi connectivity index (χ2v) is 9.14. The Labute approximate surface area is 203 Å². The largest absolute Gasteiger partial charge is 0.294 e. The van der Waals surface area contributed by atoms with Crippen molar-refractivity contribution < 1.29 is 4.79 Å². The maximum atomic E-state index is 13.1. The Morgan fingerprint density at radius 2 is 1.74 bits per heavy atom. The van der Waals surface area contributed by atoms with Crippen LogP contribution in [-0.2, 0) is 18.3 Å². The Morgan fingerprint density at radius 3 is 2.35 bits per heavy atom. The first-order valence-corrected chi connectivity index (χ1v) is 11.4. The number of nitrogens with zero attached hydrogens (tertiary/aromatic N) is 4. The van der Waals surface area contributed by atoms with Gasteiger partial charge < -0.3 is 0 Å². The van der Waals surface area contributed by atoms with E-state index in [1.807, 2.05) is 42.5 Å². The van der Waals surface area contributed by atoms with Crippen molar-refractivity contribution in [2.75, 3.05) is 0 Å². The number of carbonyl (C=O) groups excluding carboxylic acids is 1. The average molecular weight is 465 g/mol. The zero-order valence-corrected chi connectivity index (χ0v) is 19.4. The summed E-state index contributed by atoms with van der Waals surface area (Å²) in [6.07, 6.45) is 1.91. The summed E-state index contributed by atoms with van der Waals surface area (Å²) in [5, 5.41) is 31.0. The van der Waals surface area contributed by atoms with Gasteiger partial charge in [-0.05, 0) is 60.6 Å². The lowest BCUT2D eigenvalue weighted by Crippen LogP contribution is -2.30. The maximum absolute atomic E-state index is 13.1. The van der Waals surface area contributed by atoms with E-state index in [1.54, 1.807) is 24.3 Å². The van der Waals surface area contributed by atoms with Gasteiger partial charge in [0, 0.05) is 22.6 Å². The highest BCUT2D eigenvalue weighted by molar-refractivity contribution is 6.30. The average Bonchev–Trinajstić information content (AvgIpc) is 2.87. The molecule has 0 fully saturated rings. The van der Waals surface area contributed by atoms with Gasteiger partial charge in [-0.2, -0.15) is 15.8 Å². The molecule has 1 aliphatic carbocycles. The van der Waals surface area contributed by atoms with Gasteiger partial charge in [-0.25, -0.2) is 4.98 Å². The molecule has 0 aliphatic heterocycles. The van der Waals surface area contributed by atoms with Crippen molar-refractivity contribution in [2.45, 2.75) is 38.0 Å². The van der Waals surface area contributed by atoms with Crippen molar-refractivity contribution in [1.82, 2.24) is 4.98 Å². The summed E-state index contributed by atoms with van der Waals surface area (Å²) in [7, 11) is 0. The van der Waals surface area contributed by atoms with Gasteiger partial charge in [0.25, 0.3) is 0 Å². The van der Waals surface area contributed by atoms with E-state index in [9.17, 15) is 20.6 Å². The molecule has 5 nitrogen and oxygen atoms in total. The molecule has 4 rings (SSSR count). The third kappa shape index (κ3) is 4.17. The zero-order valence-electron chi connectivity index (χ0n) is 18.7. The second kappa shape index (κ2) is 9.48. The van der Waals surface area contributed by atoms with Gasteiger partial charge >= 0.3 is 0 Å². The minimum Gasteiger partial charge on any atom is -0.294 e. The molecule has 3 aromatic rings. The first kappa shape index (κ1) is 23.2. The van der Waals surface area contributed by atoms with Crippen LogP contribution in [0.25, 0.3) is 11.3 Å². The number of hydrogen-bond acceptors (Lipinski definition) is 5. The number of fused-ring (bicyclic) bond motifs is 1. The van der Waals surface area contributed by atoms with Crippen molar-refractivity contribution >= 4 is 17.4 Å². The van der Waals surface area contributed by atoms with Crippen LogP contribution in [0.3, 0.4) is 0 Å². The van der Waals surface area contributed by atoms with E-state index >= 15 is 0 Å². The molecule has 1 aromatic heterocycles. The van der Waals surface area contributed by atoms with Gasteiger partial charge in [-0.3, -0.25) is 4.79 Å². The topological polar surface area (TPSA) is 101 Å². The maximum Gasteiger partial charge on any atom is 0.193 e. The van der Waals surface area contributed by atoms with E-state index in [2.05, 4.69) is 13.0 Å². The van der Waals surface area contributed by atoms with Crippen LogP contribution < -0.4 is 0 Å². The zero-order chi connectivity index (χ0) is 24.3. The van der Waals surface area contributed by atoms with Crippen LogP contribution in [0.15, 0.2) is 54.6 Å². The first-order chi connectivity index (χ1) is 16.4. The standard InChI is InChI=1S/C28H21ClN4O/c1-18-7-12-22-23(13-18)26(20-5-3-2-4-6-20)33-27(24(22)15-30)28(16-31,17-32)14-25(34)19-8-10-21(29)11-9-19/h2-6,8-11,18H,7,12-14H2,1H3. The first-order valence-electron chi connectivity index (χ1n) is 11.1. The predicted molar refractivity (Wildman–Crippen MR) is 129 cm³/mol. The van der Waals surface area contributed by atoms with Crippen molar-refractivity contribution in [3.8, 4) is 29.5 Å². The van der Waals surface area contributed by atoms with Crippen LogP contribution in [0, 0.1) is 39.9 Å². The number of nitriles is 3. The smallest absolute Gasteiger partial charge is 0.193 e.